The molecule has 0 saturated carbocycles. The number of allylic oxidation sites excluding steroid dienone is 2. The van der Waals surface area contributed by atoms with Gasteiger partial charge in [0.05, 0.1) is 12.0 Å². The summed E-state index contributed by atoms with van der Waals surface area (Å²) in [7, 11) is 0. The second-order valence-corrected chi connectivity index (χ2v) is 8.00. The fourth-order valence-corrected chi connectivity index (χ4v) is 3.87. The molecule has 2 aliphatic rings. The van der Waals surface area contributed by atoms with E-state index < -0.39 is 5.92 Å². The van der Waals surface area contributed by atoms with E-state index in [-0.39, 0.29) is 36.9 Å². The molecule has 0 aliphatic carbocycles. The fourth-order valence-electron chi connectivity index (χ4n) is 3.74. The molecule has 1 saturated heterocycles. The normalized spacial score (nSPS) is 24.1. The molecular formula is C22H27ClN2O4. The van der Waals surface area contributed by atoms with Crippen LogP contribution in [0.25, 0.3) is 0 Å². The number of nitrogens with one attached hydrogen (secondary N) is 1. The summed E-state index contributed by atoms with van der Waals surface area (Å²) in [5.41, 5.74) is 0.953. The number of hydrogen-bond donors (Lipinski definition) is 1. The standard InChI is InChI=1S/C22H27ClN2O4/c23-18-10-8-16(9-11-18)14-24-20(26)13-17-5-2-1-3-7-21(27)29-15-19-6-4-12-25(19)22(17)28/h1-2,8-11,17,19H,3-7,12-15H2,(H,24,26)/b2-1-/t17-,19-/m0/s1. The van der Waals surface area contributed by atoms with Gasteiger partial charge in [0, 0.05) is 31.0 Å². The highest BCUT2D eigenvalue weighted by atomic mass is 35.5. The molecule has 6 nitrogen and oxygen atoms in total. The molecule has 2 atom stereocenters. The highest BCUT2D eigenvalue weighted by Crippen LogP contribution is 2.24. The second kappa shape index (κ2) is 10.4. The Morgan fingerprint density at radius 1 is 1.21 bits per heavy atom. The zero-order valence-electron chi connectivity index (χ0n) is 16.4. The van der Waals surface area contributed by atoms with Gasteiger partial charge in [-0.25, -0.2) is 0 Å². The Bertz CT molecular complexity index is 763. The third kappa shape index (κ3) is 6.32. The molecule has 0 bridgehead atoms. The molecule has 0 aromatic heterocycles. The van der Waals surface area contributed by atoms with Gasteiger partial charge in [-0.1, -0.05) is 35.9 Å². The lowest BCUT2D eigenvalue weighted by Gasteiger charge is -2.28. The quantitative estimate of drug-likeness (QED) is 0.601. The summed E-state index contributed by atoms with van der Waals surface area (Å²) in [4.78, 5) is 39.2. The van der Waals surface area contributed by atoms with Gasteiger partial charge < -0.3 is 15.0 Å². The number of halogens is 1. The van der Waals surface area contributed by atoms with Gasteiger partial charge in [-0.2, -0.15) is 0 Å². The van der Waals surface area contributed by atoms with Crippen LogP contribution >= 0.6 is 11.6 Å². The smallest absolute Gasteiger partial charge is 0.306 e. The van der Waals surface area contributed by atoms with Crippen LogP contribution in [0.5, 0.6) is 0 Å². The molecule has 156 valence electrons. The van der Waals surface area contributed by atoms with Crippen LogP contribution in [0.3, 0.4) is 0 Å². The second-order valence-electron chi connectivity index (χ2n) is 7.56. The Balaban J connectivity index is 1.63. The van der Waals surface area contributed by atoms with Crippen molar-refractivity contribution in [3.63, 3.8) is 0 Å². The van der Waals surface area contributed by atoms with Crippen molar-refractivity contribution >= 4 is 29.4 Å². The number of rotatable bonds is 4. The number of cyclic esters (lactones) is 1. The van der Waals surface area contributed by atoms with E-state index in [0.717, 1.165) is 18.4 Å². The number of hydrogen-bond acceptors (Lipinski definition) is 4. The van der Waals surface area contributed by atoms with Crippen LogP contribution in [0.2, 0.25) is 5.02 Å². The number of nitrogens with zero attached hydrogens (tertiary/aromatic N) is 1. The van der Waals surface area contributed by atoms with E-state index in [1.54, 1.807) is 17.0 Å². The van der Waals surface area contributed by atoms with Gasteiger partial charge in [0.25, 0.3) is 0 Å². The Morgan fingerprint density at radius 2 is 2.00 bits per heavy atom. The first-order valence-electron chi connectivity index (χ1n) is 10.1. The first-order chi connectivity index (χ1) is 14.0. The van der Waals surface area contributed by atoms with E-state index in [4.69, 9.17) is 16.3 Å². The Morgan fingerprint density at radius 3 is 2.79 bits per heavy atom. The predicted octanol–water partition coefficient (Wildman–Crippen LogP) is 3.24. The number of amides is 2. The van der Waals surface area contributed by atoms with Crippen molar-refractivity contribution < 1.29 is 19.1 Å². The maximum absolute atomic E-state index is 13.1. The molecule has 1 N–H and O–H groups in total. The molecule has 2 aliphatic heterocycles. The van der Waals surface area contributed by atoms with E-state index in [9.17, 15) is 14.4 Å². The number of carbonyl (C=O) groups is 3. The van der Waals surface area contributed by atoms with Crippen LogP contribution < -0.4 is 5.32 Å². The maximum atomic E-state index is 13.1. The summed E-state index contributed by atoms with van der Waals surface area (Å²) >= 11 is 5.88. The minimum absolute atomic E-state index is 0.0320. The lowest BCUT2D eigenvalue weighted by atomic mass is 9.97. The zero-order valence-corrected chi connectivity index (χ0v) is 17.2. The maximum Gasteiger partial charge on any atom is 0.306 e. The monoisotopic (exact) mass is 418 g/mol. The van der Waals surface area contributed by atoms with Gasteiger partial charge in [0.2, 0.25) is 11.8 Å². The van der Waals surface area contributed by atoms with E-state index >= 15 is 0 Å². The summed E-state index contributed by atoms with van der Waals surface area (Å²) in [5.74, 6) is -0.823. The van der Waals surface area contributed by atoms with E-state index in [2.05, 4.69) is 5.32 Å². The number of carbonyl (C=O) groups excluding carboxylic acids is 3. The minimum atomic E-state index is -0.410. The highest BCUT2D eigenvalue weighted by Gasteiger charge is 2.34. The first-order valence-corrected chi connectivity index (χ1v) is 10.5. The molecule has 1 fully saturated rings. The Kier molecular flexibility index (Phi) is 7.69. The van der Waals surface area contributed by atoms with Crippen molar-refractivity contribution in [2.24, 2.45) is 5.92 Å². The summed E-state index contributed by atoms with van der Waals surface area (Å²) in [6.45, 7) is 1.28. The summed E-state index contributed by atoms with van der Waals surface area (Å²) in [5, 5.41) is 3.54. The minimum Gasteiger partial charge on any atom is -0.463 e. The molecule has 1 aromatic carbocycles. The van der Waals surface area contributed by atoms with E-state index in [0.29, 0.717) is 37.4 Å². The van der Waals surface area contributed by atoms with Crippen LogP contribution in [0, 0.1) is 5.92 Å². The van der Waals surface area contributed by atoms with Crippen LogP contribution in [0.1, 0.15) is 44.1 Å². The Labute approximate surface area is 176 Å². The van der Waals surface area contributed by atoms with Crippen molar-refractivity contribution in [2.45, 2.75) is 51.1 Å². The molecule has 0 unspecified atom stereocenters. The van der Waals surface area contributed by atoms with Gasteiger partial charge in [-0.15, -0.1) is 0 Å². The van der Waals surface area contributed by atoms with E-state index in [1.807, 2.05) is 24.3 Å². The molecule has 1 aromatic rings. The Hall–Kier alpha value is -2.34. The van der Waals surface area contributed by atoms with Crippen LogP contribution in [-0.2, 0) is 25.7 Å². The third-order valence-electron chi connectivity index (χ3n) is 5.38. The van der Waals surface area contributed by atoms with Crippen LogP contribution in [-0.4, -0.2) is 41.9 Å². The topological polar surface area (TPSA) is 75.7 Å². The fraction of sp³-hybridized carbons (Fsp3) is 0.500. The average Bonchev–Trinajstić information content (AvgIpc) is 3.18. The van der Waals surface area contributed by atoms with Gasteiger partial charge in [-0.05, 0) is 43.4 Å². The largest absolute Gasteiger partial charge is 0.463 e. The SMILES string of the molecule is O=C(C[C@@H]1C/C=C\CCC(=O)OC[C@@H]2CCCN2C1=O)NCc1ccc(Cl)cc1. The molecule has 29 heavy (non-hydrogen) atoms. The summed E-state index contributed by atoms with van der Waals surface area (Å²) in [6.07, 6.45) is 7.04. The third-order valence-corrected chi connectivity index (χ3v) is 5.64. The number of fused-ring (bicyclic) bond motifs is 1. The lowest BCUT2D eigenvalue weighted by Crippen LogP contribution is -2.43. The van der Waals surface area contributed by atoms with Crippen molar-refractivity contribution in [3.8, 4) is 0 Å². The first kappa shape index (κ1) is 21.4. The summed E-state index contributed by atoms with van der Waals surface area (Å²) in [6, 6.07) is 7.20. The van der Waals surface area contributed by atoms with Crippen molar-refractivity contribution in [3.05, 3.63) is 47.0 Å². The van der Waals surface area contributed by atoms with Gasteiger partial charge in [0.15, 0.2) is 0 Å². The van der Waals surface area contributed by atoms with E-state index in [1.165, 1.54) is 0 Å². The molecular weight excluding hydrogens is 392 g/mol. The highest BCUT2D eigenvalue weighted by molar-refractivity contribution is 6.30. The molecule has 3 rings (SSSR count). The predicted molar refractivity (Wildman–Crippen MR) is 110 cm³/mol. The number of esters is 1. The molecule has 2 heterocycles. The van der Waals surface area contributed by atoms with Crippen molar-refractivity contribution in [1.29, 1.82) is 0 Å². The molecule has 0 spiro atoms. The lowest BCUT2D eigenvalue weighted by molar-refractivity contribution is -0.148. The average molecular weight is 419 g/mol. The van der Waals surface area contributed by atoms with Gasteiger partial charge in [0.1, 0.15) is 6.61 Å². The van der Waals surface area contributed by atoms with Crippen LogP contribution in [0.4, 0.5) is 0 Å². The van der Waals surface area contributed by atoms with Crippen molar-refractivity contribution in [1.82, 2.24) is 10.2 Å². The van der Waals surface area contributed by atoms with Gasteiger partial charge in [-0.3, -0.25) is 14.4 Å². The molecule has 0 radical (unpaired) electrons. The van der Waals surface area contributed by atoms with Gasteiger partial charge >= 0.3 is 5.97 Å². The van der Waals surface area contributed by atoms with Crippen molar-refractivity contribution in [2.75, 3.05) is 13.2 Å². The molecule has 2 amide bonds. The summed E-state index contributed by atoms with van der Waals surface area (Å²) < 4.78 is 5.33. The molecule has 7 heteroatoms. The number of benzene rings is 1. The van der Waals surface area contributed by atoms with Crippen LogP contribution in [0.15, 0.2) is 36.4 Å². The number of ether oxygens (including phenoxy) is 1. The zero-order chi connectivity index (χ0) is 20.6.